The Balaban J connectivity index is 1.24. The number of nitrogens with one attached hydrogen (secondary N) is 1. The second-order valence-electron chi connectivity index (χ2n) is 8.72. The van der Waals surface area contributed by atoms with Gasteiger partial charge in [-0.05, 0) is 56.7 Å². The van der Waals surface area contributed by atoms with Gasteiger partial charge in [0.2, 0.25) is 0 Å². The van der Waals surface area contributed by atoms with Gasteiger partial charge in [-0.1, -0.05) is 5.21 Å². The number of aryl methyl sites for hydroxylation is 1. The molecule has 5 rings (SSSR count). The van der Waals surface area contributed by atoms with Gasteiger partial charge in [0.1, 0.15) is 23.4 Å². The molecule has 2 aliphatic rings. The molecule has 3 aromatic rings. The number of rotatable bonds is 9. The molecule has 11 nitrogen and oxygen atoms in total. The van der Waals surface area contributed by atoms with Crippen LogP contribution in [0.3, 0.4) is 0 Å². The predicted molar refractivity (Wildman–Crippen MR) is 121 cm³/mol. The van der Waals surface area contributed by atoms with Crippen molar-refractivity contribution in [1.29, 1.82) is 0 Å². The summed E-state index contributed by atoms with van der Waals surface area (Å²) in [5.74, 6) is 0.181. The quantitative estimate of drug-likeness (QED) is 0.485. The Morgan fingerprint density at radius 1 is 1.15 bits per heavy atom. The van der Waals surface area contributed by atoms with E-state index in [-0.39, 0.29) is 18.1 Å². The standard InChI is InChI=1S/C23H27N7O4/c1-30-19(13-26-20-9-10-24-23(27-20)34-15-5-6-15)21(28-29-30)18-8-7-17(12-25-18)33-16-4-2-3-14(11-16)22(31)32/h7-10,12,14-16H,2-6,11,13H2,1H3,(H,31,32)(H,24,26,27)/t14-,16-/m0/s1. The number of carboxylic acids is 1. The van der Waals surface area contributed by atoms with Crippen molar-refractivity contribution in [1.82, 2.24) is 29.9 Å². The van der Waals surface area contributed by atoms with Crippen LogP contribution in [0.4, 0.5) is 5.82 Å². The molecule has 2 aliphatic carbocycles. The topological polar surface area (TPSA) is 137 Å². The zero-order valence-electron chi connectivity index (χ0n) is 18.9. The van der Waals surface area contributed by atoms with Crippen molar-refractivity contribution >= 4 is 11.8 Å². The molecule has 178 valence electrons. The van der Waals surface area contributed by atoms with Crippen LogP contribution in [-0.2, 0) is 18.4 Å². The van der Waals surface area contributed by atoms with E-state index < -0.39 is 5.97 Å². The second-order valence-corrected chi connectivity index (χ2v) is 8.72. The lowest BCUT2D eigenvalue weighted by atomic mass is 9.87. The third-order valence-electron chi connectivity index (χ3n) is 6.07. The van der Waals surface area contributed by atoms with Crippen molar-refractivity contribution in [3.05, 3.63) is 36.3 Å². The van der Waals surface area contributed by atoms with Crippen molar-refractivity contribution in [2.24, 2.45) is 13.0 Å². The number of anilines is 1. The van der Waals surface area contributed by atoms with Crippen LogP contribution >= 0.6 is 0 Å². The van der Waals surface area contributed by atoms with Gasteiger partial charge < -0.3 is 19.9 Å². The average Bonchev–Trinajstić information content (AvgIpc) is 3.58. The van der Waals surface area contributed by atoms with Gasteiger partial charge >= 0.3 is 12.0 Å². The summed E-state index contributed by atoms with van der Waals surface area (Å²) in [6.07, 6.45) is 8.46. The van der Waals surface area contributed by atoms with E-state index in [0.717, 1.165) is 31.4 Å². The number of pyridine rings is 1. The minimum absolute atomic E-state index is 0.111. The van der Waals surface area contributed by atoms with Gasteiger partial charge in [0, 0.05) is 13.2 Å². The van der Waals surface area contributed by atoms with E-state index in [1.807, 2.05) is 19.2 Å². The fraction of sp³-hybridized carbons (Fsp3) is 0.478. The largest absolute Gasteiger partial charge is 0.489 e. The summed E-state index contributed by atoms with van der Waals surface area (Å²) in [5, 5.41) is 21.0. The summed E-state index contributed by atoms with van der Waals surface area (Å²) in [6.45, 7) is 0.442. The van der Waals surface area contributed by atoms with Crippen molar-refractivity contribution in [3.8, 4) is 23.1 Å². The lowest BCUT2D eigenvalue weighted by molar-refractivity contribution is -0.143. The van der Waals surface area contributed by atoms with E-state index in [1.165, 1.54) is 0 Å². The summed E-state index contributed by atoms with van der Waals surface area (Å²) in [7, 11) is 1.83. The molecular weight excluding hydrogens is 438 g/mol. The molecule has 0 bridgehead atoms. The van der Waals surface area contributed by atoms with Crippen LogP contribution < -0.4 is 14.8 Å². The molecule has 3 aromatic heterocycles. The first-order valence-corrected chi connectivity index (χ1v) is 11.5. The molecule has 0 aliphatic heterocycles. The lowest BCUT2D eigenvalue weighted by Crippen LogP contribution is -2.29. The zero-order chi connectivity index (χ0) is 23.5. The normalized spacial score (nSPS) is 20.0. The van der Waals surface area contributed by atoms with Crippen LogP contribution in [0.2, 0.25) is 0 Å². The van der Waals surface area contributed by atoms with Crippen molar-refractivity contribution in [2.45, 2.75) is 57.3 Å². The molecule has 11 heteroatoms. The molecule has 2 N–H and O–H groups in total. The average molecular weight is 466 g/mol. The number of carboxylic acid groups (broad SMARTS) is 1. The number of carbonyl (C=O) groups is 1. The molecule has 2 saturated carbocycles. The zero-order valence-corrected chi connectivity index (χ0v) is 18.9. The van der Waals surface area contributed by atoms with Crippen molar-refractivity contribution < 1.29 is 19.4 Å². The Morgan fingerprint density at radius 2 is 2.03 bits per heavy atom. The lowest BCUT2D eigenvalue weighted by Gasteiger charge is -2.27. The highest BCUT2D eigenvalue weighted by atomic mass is 16.5. The molecule has 0 aromatic carbocycles. The third-order valence-corrected chi connectivity index (χ3v) is 6.07. The number of ether oxygens (including phenoxy) is 2. The second kappa shape index (κ2) is 9.62. The Labute approximate surface area is 196 Å². The first-order chi connectivity index (χ1) is 16.5. The Morgan fingerprint density at radius 3 is 2.79 bits per heavy atom. The summed E-state index contributed by atoms with van der Waals surface area (Å²) in [6, 6.07) is 5.84. The minimum Gasteiger partial charge on any atom is -0.489 e. The summed E-state index contributed by atoms with van der Waals surface area (Å²) >= 11 is 0. The molecule has 0 unspecified atom stereocenters. The van der Waals surface area contributed by atoms with E-state index in [0.29, 0.717) is 48.4 Å². The molecule has 0 radical (unpaired) electrons. The Bertz CT molecular complexity index is 1150. The van der Waals surface area contributed by atoms with Gasteiger partial charge in [-0.2, -0.15) is 4.98 Å². The van der Waals surface area contributed by atoms with Crippen LogP contribution in [0.5, 0.6) is 11.8 Å². The first-order valence-electron chi connectivity index (χ1n) is 11.5. The number of hydrogen-bond acceptors (Lipinski definition) is 9. The SMILES string of the molecule is Cn1nnc(-c2ccc(O[C@H]3CCC[C@H](C(=O)O)C3)cn2)c1CNc1ccnc(OC2CC2)n1. The van der Waals surface area contributed by atoms with Crippen LogP contribution in [0, 0.1) is 5.92 Å². The highest BCUT2D eigenvalue weighted by molar-refractivity contribution is 5.70. The number of aliphatic carboxylic acids is 1. The van der Waals surface area contributed by atoms with Crippen LogP contribution in [0.25, 0.3) is 11.4 Å². The molecule has 0 saturated heterocycles. The Kier molecular flexibility index (Phi) is 6.24. The van der Waals surface area contributed by atoms with Gasteiger partial charge in [0.15, 0.2) is 0 Å². The van der Waals surface area contributed by atoms with Crippen LogP contribution in [0.15, 0.2) is 30.6 Å². The summed E-state index contributed by atoms with van der Waals surface area (Å²) in [5.41, 5.74) is 2.18. The smallest absolute Gasteiger partial charge is 0.318 e. The fourth-order valence-electron chi connectivity index (χ4n) is 4.04. The van der Waals surface area contributed by atoms with E-state index in [9.17, 15) is 9.90 Å². The Hall–Kier alpha value is -3.76. The third kappa shape index (κ3) is 5.24. The molecule has 3 heterocycles. The molecule has 2 atom stereocenters. The summed E-state index contributed by atoms with van der Waals surface area (Å²) < 4.78 is 13.4. The van der Waals surface area contributed by atoms with Gasteiger partial charge in [0.05, 0.1) is 36.2 Å². The molecule has 2 fully saturated rings. The highest BCUT2D eigenvalue weighted by Gasteiger charge is 2.28. The fourth-order valence-corrected chi connectivity index (χ4v) is 4.04. The predicted octanol–water partition coefficient (Wildman–Crippen LogP) is 2.84. The number of aromatic nitrogens is 6. The number of hydrogen-bond donors (Lipinski definition) is 2. The maximum Gasteiger partial charge on any atom is 0.318 e. The molecule has 0 amide bonds. The van der Waals surface area contributed by atoms with E-state index in [1.54, 1.807) is 23.1 Å². The van der Waals surface area contributed by atoms with Gasteiger partial charge in [0.25, 0.3) is 0 Å². The van der Waals surface area contributed by atoms with E-state index in [4.69, 9.17) is 9.47 Å². The first kappa shape index (κ1) is 22.1. The molecular formula is C23H27N7O4. The van der Waals surface area contributed by atoms with Crippen molar-refractivity contribution in [3.63, 3.8) is 0 Å². The van der Waals surface area contributed by atoms with Gasteiger partial charge in [-0.25, -0.2) is 9.67 Å². The monoisotopic (exact) mass is 465 g/mol. The van der Waals surface area contributed by atoms with E-state index in [2.05, 4.69) is 30.6 Å². The van der Waals surface area contributed by atoms with Gasteiger partial charge in [-0.3, -0.25) is 9.78 Å². The van der Waals surface area contributed by atoms with Gasteiger partial charge in [-0.15, -0.1) is 5.10 Å². The maximum absolute atomic E-state index is 11.3. The summed E-state index contributed by atoms with van der Waals surface area (Å²) in [4.78, 5) is 24.4. The number of nitrogens with zero attached hydrogens (tertiary/aromatic N) is 6. The minimum atomic E-state index is -0.751. The van der Waals surface area contributed by atoms with Crippen LogP contribution in [-0.4, -0.2) is 53.2 Å². The van der Waals surface area contributed by atoms with Crippen molar-refractivity contribution in [2.75, 3.05) is 5.32 Å². The highest BCUT2D eigenvalue weighted by Crippen LogP contribution is 2.29. The molecule has 34 heavy (non-hydrogen) atoms. The van der Waals surface area contributed by atoms with Crippen LogP contribution in [0.1, 0.15) is 44.2 Å². The molecule has 0 spiro atoms. The maximum atomic E-state index is 11.3. The van der Waals surface area contributed by atoms with E-state index >= 15 is 0 Å².